The van der Waals surface area contributed by atoms with Crippen LogP contribution in [0.15, 0.2) is 97.1 Å². The Morgan fingerprint density at radius 3 is 2.43 bits per heavy atom. The Kier molecular flexibility index (Phi) is 4.17. The number of allylic oxidation sites excluding steroid dienone is 1. The van der Waals surface area contributed by atoms with E-state index in [1.165, 1.54) is 68.6 Å². The average molecular weight is 448 g/mol. The van der Waals surface area contributed by atoms with Crippen LogP contribution in [0.25, 0.3) is 33.2 Å². The summed E-state index contributed by atoms with van der Waals surface area (Å²) in [5, 5.41) is 5.55. The minimum atomic E-state index is 0.421. The molecule has 0 saturated heterocycles. The van der Waals surface area contributed by atoms with Gasteiger partial charge in [-0.15, -0.1) is 0 Å². The van der Waals surface area contributed by atoms with E-state index in [4.69, 9.17) is 0 Å². The molecule has 0 saturated carbocycles. The summed E-state index contributed by atoms with van der Waals surface area (Å²) in [6, 6.07) is 36.6. The number of benzene rings is 5. The van der Waals surface area contributed by atoms with Gasteiger partial charge in [0.25, 0.3) is 0 Å². The standard InChI is InChI=1S/C35H27/c1-4-15-27-22(9-1)12-8-18-30(27)34-28-16-5-3-11-24(28)20-31(34)32-21-26-14-7-13-25-19-23-10-2-6-17-29(23)35(32)33(25)26/h1-7,9-11,13-17,19,21,30-31H,8,12,18,20H2. The molecule has 0 aliphatic heterocycles. The minimum Gasteiger partial charge on any atom is -0.0620 e. The van der Waals surface area contributed by atoms with E-state index < -0.39 is 0 Å². The van der Waals surface area contributed by atoms with Gasteiger partial charge in [-0.05, 0) is 104 Å². The van der Waals surface area contributed by atoms with Crippen LogP contribution in [-0.4, -0.2) is 0 Å². The minimum absolute atomic E-state index is 0.421. The molecule has 0 heterocycles. The van der Waals surface area contributed by atoms with Crippen LogP contribution in [0.5, 0.6) is 0 Å². The van der Waals surface area contributed by atoms with Gasteiger partial charge in [-0.25, -0.2) is 0 Å². The summed E-state index contributed by atoms with van der Waals surface area (Å²) in [6.45, 7) is 0. The van der Waals surface area contributed by atoms with Crippen molar-refractivity contribution in [2.45, 2.75) is 31.6 Å². The van der Waals surface area contributed by atoms with Crippen molar-refractivity contribution in [2.24, 2.45) is 5.92 Å². The van der Waals surface area contributed by atoms with Crippen molar-refractivity contribution in [3.05, 3.63) is 136 Å². The van der Waals surface area contributed by atoms with Crippen molar-refractivity contribution < 1.29 is 0 Å². The Hall–Kier alpha value is -3.64. The first-order valence-electron chi connectivity index (χ1n) is 13.1. The molecule has 0 aromatic heterocycles. The lowest BCUT2D eigenvalue weighted by molar-refractivity contribution is 0.532. The first-order chi connectivity index (χ1) is 17.4. The van der Waals surface area contributed by atoms with Gasteiger partial charge in [0.15, 0.2) is 0 Å². The third kappa shape index (κ3) is 2.80. The van der Waals surface area contributed by atoms with Gasteiger partial charge < -0.3 is 0 Å². The maximum atomic E-state index is 2.52. The summed E-state index contributed by atoms with van der Waals surface area (Å²) in [5.74, 6) is 2.58. The Bertz CT molecular complexity index is 1670. The molecule has 35 heavy (non-hydrogen) atoms. The topological polar surface area (TPSA) is 0 Å². The fourth-order valence-electron chi connectivity index (χ4n) is 7.37. The van der Waals surface area contributed by atoms with E-state index in [1.807, 2.05) is 0 Å². The summed E-state index contributed by atoms with van der Waals surface area (Å²) in [6.07, 6.45) is 7.37. The van der Waals surface area contributed by atoms with Crippen molar-refractivity contribution >= 4 is 33.2 Å². The van der Waals surface area contributed by atoms with Crippen molar-refractivity contribution in [1.82, 2.24) is 0 Å². The maximum absolute atomic E-state index is 2.52. The van der Waals surface area contributed by atoms with Crippen LogP contribution in [0.2, 0.25) is 0 Å². The van der Waals surface area contributed by atoms with Crippen LogP contribution in [-0.2, 0) is 12.8 Å². The van der Waals surface area contributed by atoms with E-state index in [9.17, 15) is 0 Å². The molecule has 1 radical (unpaired) electrons. The van der Waals surface area contributed by atoms with E-state index in [2.05, 4.69) is 103 Å². The molecule has 3 aliphatic rings. The molecule has 8 rings (SSSR count). The maximum Gasteiger partial charge on any atom is 0.0205 e. The third-order valence-corrected chi connectivity index (χ3v) is 8.77. The van der Waals surface area contributed by atoms with Crippen molar-refractivity contribution in [2.75, 3.05) is 0 Å². The molecule has 2 atom stereocenters. The fourth-order valence-corrected chi connectivity index (χ4v) is 7.37. The highest BCUT2D eigenvalue weighted by molar-refractivity contribution is 6.18. The summed E-state index contributed by atoms with van der Waals surface area (Å²) in [7, 11) is 0. The first-order valence-corrected chi connectivity index (χ1v) is 13.1. The number of hydrogen-bond donors (Lipinski definition) is 0. The Morgan fingerprint density at radius 1 is 0.657 bits per heavy atom. The normalized spacial score (nSPS) is 20.7. The fraction of sp³-hybridized carbons (Fsp3) is 0.171. The highest BCUT2D eigenvalue weighted by Gasteiger charge is 2.43. The van der Waals surface area contributed by atoms with Gasteiger partial charge in [0, 0.05) is 5.92 Å². The van der Waals surface area contributed by atoms with Crippen LogP contribution < -0.4 is 0 Å². The number of aryl methyl sites for hydroxylation is 1. The largest absolute Gasteiger partial charge is 0.0620 e. The quantitative estimate of drug-likeness (QED) is 0.237. The Labute approximate surface area is 206 Å². The second-order valence-corrected chi connectivity index (χ2v) is 10.5. The molecule has 5 aromatic rings. The predicted octanol–water partition coefficient (Wildman–Crippen LogP) is 8.76. The Morgan fingerprint density at radius 2 is 1.46 bits per heavy atom. The lowest BCUT2D eigenvalue weighted by atomic mass is 9.68. The molecular weight excluding hydrogens is 420 g/mol. The molecule has 0 heteroatoms. The SMILES string of the molecule is C1=C(C2Cc3ccccc3[C]2C2CCCc3ccccc32)c2c3ccccc3cc3cccc1c23. The molecule has 167 valence electrons. The zero-order valence-electron chi connectivity index (χ0n) is 19.8. The van der Waals surface area contributed by atoms with Gasteiger partial charge in [0.1, 0.15) is 0 Å². The summed E-state index contributed by atoms with van der Waals surface area (Å²) >= 11 is 0. The lowest BCUT2D eigenvalue weighted by Crippen LogP contribution is -2.22. The van der Waals surface area contributed by atoms with Crippen molar-refractivity contribution in [3.8, 4) is 0 Å². The highest BCUT2D eigenvalue weighted by atomic mass is 14.5. The predicted molar refractivity (Wildman–Crippen MR) is 147 cm³/mol. The third-order valence-electron chi connectivity index (χ3n) is 8.77. The zero-order chi connectivity index (χ0) is 22.9. The number of fused-ring (bicyclic) bond motifs is 4. The van der Waals surface area contributed by atoms with E-state index in [0.29, 0.717) is 11.8 Å². The molecule has 0 amide bonds. The average Bonchev–Trinajstić information content (AvgIpc) is 3.49. The number of hydrogen-bond acceptors (Lipinski definition) is 0. The van der Waals surface area contributed by atoms with Crippen LogP contribution in [0.3, 0.4) is 0 Å². The van der Waals surface area contributed by atoms with Crippen LogP contribution in [0.1, 0.15) is 52.1 Å². The molecule has 2 unspecified atom stereocenters. The second-order valence-electron chi connectivity index (χ2n) is 10.5. The molecule has 0 N–H and O–H groups in total. The summed E-state index contributed by atoms with van der Waals surface area (Å²) in [4.78, 5) is 0. The van der Waals surface area contributed by atoms with Gasteiger partial charge in [-0.3, -0.25) is 0 Å². The van der Waals surface area contributed by atoms with Crippen LogP contribution >= 0.6 is 0 Å². The summed E-state index contributed by atoms with van der Waals surface area (Å²) in [5.41, 5.74) is 10.5. The molecule has 0 bridgehead atoms. The molecule has 0 nitrogen and oxygen atoms in total. The summed E-state index contributed by atoms with van der Waals surface area (Å²) < 4.78 is 0. The van der Waals surface area contributed by atoms with Crippen LogP contribution in [0.4, 0.5) is 0 Å². The van der Waals surface area contributed by atoms with Gasteiger partial charge in [-0.1, -0.05) is 97.1 Å². The number of rotatable bonds is 2. The van der Waals surface area contributed by atoms with Crippen LogP contribution in [0, 0.1) is 11.8 Å². The van der Waals surface area contributed by atoms with E-state index in [1.54, 1.807) is 17.0 Å². The molecule has 3 aliphatic carbocycles. The van der Waals surface area contributed by atoms with Gasteiger partial charge in [0.2, 0.25) is 0 Å². The molecular formula is C35H27. The van der Waals surface area contributed by atoms with Gasteiger partial charge in [-0.2, -0.15) is 0 Å². The molecule has 0 spiro atoms. The monoisotopic (exact) mass is 447 g/mol. The Balaban J connectivity index is 1.36. The van der Waals surface area contributed by atoms with E-state index in [0.717, 1.165) is 6.42 Å². The second kappa shape index (κ2) is 7.43. The highest BCUT2D eigenvalue weighted by Crippen LogP contribution is 2.56. The lowest BCUT2D eigenvalue weighted by Gasteiger charge is -2.34. The van der Waals surface area contributed by atoms with Gasteiger partial charge >= 0.3 is 0 Å². The van der Waals surface area contributed by atoms with E-state index >= 15 is 0 Å². The van der Waals surface area contributed by atoms with E-state index in [-0.39, 0.29) is 0 Å². The smallest absolute Gasteiger partial charge is 0.0205 e. The first kappa shape index (κ1) is 19.6. The van der Waals surface area contributed by atoms with Gasteiger partial charge in [0.05, 0.1) is 0 Å². The molecule has 0 fully saturated rings. The van der Waals surface area contributed by atoms with Crippen molar-refractivity contribution in [1.29, 1.82) is 0 Å². The zero-order valence-corrected chi connectivity index (χ0v) is 19.8. The van der Waals surface area contributed by atoms with Crippen molar-refractivity contribution in [3.63, 3.8) is 0 Å². The molecule has 5 aromatic carbocycles.